The number of hydrogen-bond donors (Lipinski definition) is 2. The predicted octanol–water partition coefficient (Wildman–Crippen LogP) is 2.02. The van der Waals surface area contributed by atoms with Crippen LogP contribution in [0.4, 0.5) is 0 Å². The number of carbonyl (C=O) groups excluding carboxylic acids is 1. The van der Waals surface area contributed by atoms with E-state index in [1.165, 1.54) is 0 Å². The third-order valence-electron chi connectivity index (χ3n) is 2.50. The fourth-order valence-corrected chi connectivity index (χ4v) is 1.49. The Morgan fingerprint density at radius 1 is 1.47 bits per heavy atom. The predicted molar refractivity (Wildman–Crippen MR) is 66.9 cm³/mol. The summed E-state index contributed by atoms with van der Waals surface area (Å²) in [5.74, 6) is 0.737. The Bertz CT molecular complexity index is 378. The van der Waals surface area contributed by atoms with Crippen LogP contribution in [0.1, 0.15) is 63.9 Å². The molecule has 2 N–H and O–H groups in total. The fourth-order valence-electron chi connectivity index (χ4n) is 1.49. The highest BCUT2D eigenvalue weighted by atomic mass is 16.2. The SMILES string of the molecule is CCCC(C)NC(=O)c1n[nH]c(C(C)(C)C)n1. The van der Waals surface area contributed by atoms with Gasteiger partial charge in [-0.25, -0.2) is 4.98 Å². The maximum Gasteiger partial charge on any atom is 0.291 e. The fraction of sp³-hybridized carbons (Fsp3) is 0.750. The standard InChI is InChI=1S/C12H22N4O/c1-6-7-8(2)13-10(17)9-14-11(16-15-9)12(3,4)5/h8H,6-7H2,1-5H3,(H,13,17)(H,14,15,16). The van der Waals surface area contributed by atoms with Gasteiger partial charge >= 0.3 is 0 Å². The second-order valence-electron chi connectivity index (χ2n) is 5.42. The van der Waals surface area contributed by atoms with E-state index in [1.54, 1.807) is 0 Å². The number of rotatable bonds is 4. The molecule has 1 aromatic rings. The van der Waals surface area contributed by atoms with Crippen molar-refractivity contribution in [2.75, 3.05) is 0 Å². The van der Waals surface area contributed by atoms with Crippen molar-refractivity contribution in [3.05, 3.63) is 11.6 Å². The molecule has 0 aliphatic rings. The Balaban J connectivity index is 2.67. The molecule has 0 spiro atoms. The molecule has 0 aromatic carbocycles. The lowest BCUT2D eigenvalue weighted by atomic mass is 9.96. The van der Waals surface area contributed by atoms with Gasteiger partial charge < -0.3 is 5.32 Å². The molecule has 0 bridgehead atoms. The van der Waals surface area contributed by atoms with E-state index < -0.39 is 0 Å². The van der Waals surface area contributed by atoms with Crippen molar-refractivity contribution in [2.45, 2.75) is 58.9 Å². The molecule has 1 heterocycles. The van der Waals surface area contributed by atoms with E-state index in [2.05, 4.69) is 27.4 Å². The summed E-state index contributed by atoms with van der Waals surface area (Å²) >= 11 is 0. The number of aromatic nitrogens is 3. The van der Waals surface area contributed by atoms with Crippen LogP contribution >= 0.6 is 0 Å². The van der Waals surface area contributed by atoms with Gasteiger partial charge in [-0.1, -0.05) is 34.1 Å². The van der Waals surface area contributed by atoms with E-state index in [1.807, 2.05) is 27.7 Å². The van der Waals surface area contributed by atoms with Gasteiger partial charge in [0.05, 0.1) is 0 Å². The number of H-pyrrole nitrogens is 1. The first-order chi connectivity index (χ1) is 7.84. The van der Waals surface area contributed by atoms with Crippen LogP contribution in [0.5, 0.6) is 0 Å². The van der Waals surface area contributed by atoms with E-state index in [4.69, 9.17) is 0 Å². The van der Waals surface area contributed by atoms with Gasteiger partial charge in [0.1, 0.15) is 5.82 Å². The van der Waals surface area contributed by atoms with Crippen molar-refractivity contribution in [1.82, 2.24) is 20.5 Å². The molecule has 1 rings (SSSR count). The molecule has 1 atom stereocenters. The lowest BCUT2D eigenvalue weighted by Gasteiger charge is -2.13. The van der Waals surface area contributed by atoms with Crippen molar-refractivity contribution in [3.63, 3.8) is 0 Å². The van der Waals surface area contributed by atoms with Gasteiger partial charge in [0.25, 0.3) is 5.91 Å². The first-order valence-electron chi connectivity index (χ1n) is 6.08. The maximum atomic E-state index is 11.8. The van der Waals surface area contributed by atoms with Gasteiger partial charge in [-0.2, -0.15) is 0 Å². The molecule has 0 saturated carbocycles. The van der Waals surface area contributed by atoms with Crippen LogP contribution in [-0.2, 0) is 5.41 Å². The van der Waals surface area contributed by atoms with Crippen molar-refractivity contribution in [1.29, 1.82) is 0 Å². The Hall–Kier alpha value is -1.39. The van der Waals surface area contributed by atoms with Gasteiger partial charge in [-0.3, -0.25) is 9.89 Å². The molecule has 17 heavy (non-hydrogen) atoms. The molecule has 0 aliphatic carbocycles. The lowest BCUT2D eigenvalue weighted by molar-refractivity contribution is 0.0928. The smallest absolute Gasteiger partial charge is 0.291 e. The minimum Gasteiger partial charge on any atom is -0.347 e. The number of carbonyl (C=O) groups is 1. The van der Waals surface area contributed by atoms with E-state index in [-0.39, 0.29) is 23.2 Å². The monoisotopic (exact) mass is 238 g/mol. The first kappa shape index (κ1) is 13.7. The zero-order valence-electron chi connectivity index (χ0n) is 11.3. The second-order valence-corrected chi connectivity index (χ2v) is 5.42. The largest absolute Gasteiger partial charge is 0.347 e. The van der Waals surface area contributed by atoms with Gasteiger partial charge in [-0.15, -0.1) is 5.10 Å². The first-order valence-corrected chi connectivity index (χ1v) is 6.08. The summed E-state index contributed by atoms with van der Waals surface area (Å²) in [7, 11) is 0. The number of aromatic amines is 1. The van der Waals surface area contributed by atoms with Gasteiger partial charge in [0, 0.05) is 11.5 Å². The Labute approximate surface area is 102 Å². The van der Waals surface area contributed by atoms with Crippen molar-refractivity contribution < 1.29 is 4.79 Å². The zero-order chi connectivity index (χ0) is 13.1. The van der Waals surface area contributed by atoms with Gasteiger partial charge in [0.2, 0.25) is 5.82 Å². The van der Waals surface area contributed by atoms with E-state index in [0.717, 1.165) is 18.7 Å². The quantitative estimate of drug-likeness (QED) is 0.843. The maximum absolute atomic E-state index is 11.8. The molecule has 1 amide bonds. The number of nitrogens with zero attached hydrogens (tertiary/aromatic N) is 2. The average Bonchev–Trinajstić information content (AvgIpc) is 2.65. The summed E-state index contributed by atoms with van der Waals surface area (Å²) < 4.78 is 0. The van der Waals surface area contributed by atoms with Crippen LogP contribution in [-0.4, -0.2) is 27.1 Å². The summed E-state index contributed by atoms with van der Waals surface area (Å²) in [6.45, 7) is 10.1. The van der Waals surface area contributed by atoms with Crippen LogP contribution in [0, 0.1) is 0 Å². The summed E-state index contributed by atoms with van der Waals surface area (Å²) in [5.41, 5.74) is -0.124. The Kier molecular flexibility index (Phi) is 4.26. The topological polar surface area (TPSA) is 70.7 Å². The van der Waals surface area contributed by atoms with Crippen molar-refractivity contribution >= 4 is 5.91 Å². The molecular weight excluding hydrogens is 216 g/mol. The third-order valence-corrected chi connectivity index (χ3v) is 2.50. The lowest BCUT2D eigenvalue weighted by Crippen LogP contribution is -2.33. The minimum absolute atomic E-state index is 0.124. The summed E-state index contributed by atoms with van der Waals surface area (Å²) in [6.07, 6.45) is 2.00. The van der Waals surface area contributed by atoms with Crippen molar-refractivity contribution in [3.8, 4) is 0 Å². The van der Waals surface area contributed by atoms with Crippen LogP contribution in [0.3, 0.4) is 0 Å². The molecule has 5 nitrogen and oxygen atoms in total. The number of nitrogens with one attached hydrogen (secondary N) is 2. The zero-order valence-corrected chi connectivity index (χ0v) is 11.3. The summed E-state index contributed by atoms with van der Waals surface area (Å²) in [5, 5.41) is 9.64. The molecule has 1 aromatic heterocycles. The van der Waals surface area contributed by atoms with Crippen LogP contribution in [0.2, 0.25) is 0 Å². The van der Waals surface area contributed by atoms with Crippen LogP contribution < -0.4 is 5.32 Å². The molecule has 0 fully saturated rings. The van der Waals surface area contributed by atoms with E-state index in [0.29, 0.717) is 0 Å². The normalized spacial score (nSPS) is 13.5. The highest BCUT2D eigenvalue weighted by Crippen LogP contribution is 2.17. The third kappa shape index (κ3) is 3.84. The Morgan fingerprint density at radius 3 is 2.59 bits per heavy atom. The molecule has 5 heteroatoms. The minimum atomic E-state index is -0.210. The van der Waals surface area contributed by atoms with Crippen LogP contribution in [0.25, 0.3) is 0 Å². The molecule has 0 radical (unpaired) electrons. The summed E-state index contributed by atoms with van der Waals surface area (Å²) in [4.78, 5) is 16.0. The molecule has 96 valence electrons. The van der Waals surface area contributed by atoms with E-state index in [9.17, 15) is 4.79 Å². The van der Waals surface area contributed by atoms with Gasteiger partial charge in [-0.05, 0) is 13.3 Å². The molecule has 1 unspecified atom stereocenters. The average molecular weight is 238 g/mol. The van der Waals surface area contributed by atoms with Crippen molar-refractivity contribution in [2.24, 2.45) is 0 Å². The van der Waals surface area contributed by atoms with E-state index >= 15 is 0 Å². The Morgan fingerprint density at radius 2 is 2.12 bits per heavy atom. The summed E-state index contributed by atoms with van der Waals surface area (Å²) in [6, 6.07) is 0.157. The highest BCUT2D eigenvalue weighted by molar-refractivity contribution is 5.90. The van der Waals surface area contributed by atoms with Crippen LogP contribution in [0.15, 0.2) is 0 Å². The second kappa shape index (κ2) is 5.29. The number of amides is 1. The van der Waals surface area contributed by atoms with Gasteiger partial charge in [0.15, 0.2) is 0 Å². The molecule has 0 saturated heterocycles. The molecular formula is C12H22N4O. The number of hydrogen-bond acceptors (Lipinski definition) is 3. The highest BCUT2D eigenvalue weighted by Gasteiger charge is 2.21. The molecule has 0 aliphatic heterocycles.